The third kappa shape index (κ3) is 4.11. The molecule has 54 heavy (non-hydrogen) atoms. The molecule has 0 radical (unpaired) electrons. The van der Waals surface area contributed by atoms with Crippen LogP contribution in [0.25, 0.3) is 110 Å². The number of rotatable bonds is 4. The monoisotopic (exact) mass is 684 g/mol. The first-order chi connectivity index (χ1) is 26.8. The van der Waals surface area contributed by atoms with E-state index < -0.39 is 0 Å². The van der Waals surface area contributed by atoms with E-state index in [1.165, 1.54) is 105 Å². The van der Waals surface area contributed by atoms with E-state index in [-0.39, 0.29) is 0 Å². The fourth-order valence-corrected chi connectivity index (χ4v) is 9.29. The molecule has 2 aromatic heterocycles. The lowest BCUT2D eigenvalue weighted by Crippen LogP contribution is -1.94. The van der Waals surface area contributed by atoms with Gasteiger partial charge in [-0.1, -0.05) is 140 Å². The number of hydrogen-bond acceptors (Lipinski definition) is 0. The molecule has 2 heterocycles. The highest BCUT2D eigenvalue weighted by Crippen LogP contribution is 2.49. The molecule has 2 heteroatoms. The molecule has 0 bridgehead atoms. The average Bonchev–Trinajstić information content (AvgIpc) is 3.87. The highest BCUT2D eigenvalue weighted by Gasteiger charge is 2.22. The molecular weight excluding hydrogens is 653 g/mol. The molecule has 1 aliphatic carbocycles. The minimum absolute atomic E-state index is 1.16. The van der Waals surface area contributed by atoms with Gasteiger partial charge in [0.1, 0.15) is 0 Å². The fourth-order valence-electron chi connectivity index (χ4n) is 9.29. The molecule has 0 atom stereocenters. The van der Waals surface area contributed by atoms with Crippen LogP contribution in [0.4, 0.5) is 0 Å². The van der Waals surface area contributed by atoms with Gasteiger partial charge in [-0.05, 0) is 110 Å². The van der Waals surface area contributed by atoms with E-state index >= 15 is 0 Å². The Bertz CT molecular complexity index is 3280. The number of para-hydroxylation sites is 3. The molecule has 0 amide bonds. The maximum absolute atomic E-state index is 2.42. The fraction of sp³-hybridized carbons (Fsp3) is 0. The molecule has 0 saturated heterocycles. The molecule has 11 aromatic rings. The van der Waals surface area contributed by atoms with E-state index in [9.17, 15) is 0 Å². The summed E-state index contributed by atoms with van der Waals surface area (Å²) in [5.41, 5.74) is 17.4. The minimum atomic E-state index is 1.16. The zero-order valence-corrected chi connectivity index (χ0v) is 29.4. The summed E-state index contributed by atoms with van der Waals surface area (Å²) in [4.78, 5) is 0. The standard InChI is InChI=1S/C52H32N2/c1-2-11-36(12-3-1)54-48-19-8-6-15-41(48)43-27-23-35(32-51(43)54)34-24-30-50-47(31-34)42-16-7-9-20-49(42)53(50)37-25-21-33(22-26-37)38-28-29-46-40-14-5-4-13-39(40)45-18-10-17-44(38)52(45)46/h1-32H. The second-order valence-electron chi connectivity index (χ2n) is 14.5. The van der Waals surface area contributed by atoms with Crippen LogP contribution in [0.5, 0.6) is 0 Å². The second-order valence-corrected chi connectivity index (χ2v) is 14.5. The summed E-state index contributed by atoms with van der Waals surface area (Å²) in [6.45, 7) is 0. The zero-order valence-electron chi connectivity index (χ0n) is 29.4. The number of aromatic nitrogens is 2. The van der Waals surface area contributed by atoms with E-state index in [1.807, 2.05) is 0 Å². The predicted molar refractivity (Wildman–Crippen MR) is 228 cm³/mol. The molecule has 0 unspecified atom stereocenters. The summed E-state index contributed by atoms with van der Waals surface area (Å²) in [7, 11) is 0. The van der Waals surface area contributed by atoms with Gasteiger partial charge in [-0.15, -0.1) is 0 Å². The van der Waals surface area contributed by atoms with Crippen LogP contribution >= 0.6 is 0 Å². The second kappa shape index (κ2) is 11.2. The van der Waals surface area contributed by atoms with Gasteiger partial charge in [0.2, 0.25) is 0 Å². The topological polar surface area (TPSA) is 9.86 Å². The molecule has 2 nitrogen and oxygen atoms in total. The van der Waals surface area contributed by atoms with Crippen LogP contribution in [-0.2, 0) is 0 Å². The van der Waals surface area contributed by atoms with E-state index in [0.29, 0.717) is 0 Å². The molecule has 0 aliphatic heterocycles. The summed E-state index contributed by atoms with van der Waals surface area (Å²) >= 11 is 0. The van der Waals surface area contributed by atoms with Gasteiger partial charge in [-0.2, -0.15) is 0 Å². The van der Waals surface area contributed by atoms with Crippen molar-refractivity contribution in [1.82, 2.24) is 9.13 Å². The Morgan fingerprint density at radius 1 is 0.241 bits per heavy atom. The van der Waals surface area contributed by atoms with Crippen molar-refractivity contribution in [3.8, 4) is 55.9 Å². The third-order valence-electron chi connectivity index (χ3n) is 11.7. The molecule has 0 spiro atoms. The zero-order chi connectivity index (χ0) is 35.3. The van der Waals surface area contributed by atoms with Gasteiger partial charge in [-0.25, -0.2) is 0 Å². The number of benzene rings is 9. The summed E-state index contributed by atoms with van der Waals surface area (Å²) in [6.07, 6.45) is 0. The van der Waals surface area contributed by atoms with Crippen LogP contribution in [0, 0.1) is 0 Å². The number of fused-ring (bicyclic) bond motifs is 9. The van der Waals surface area contributed by atoms with E-state index in [4.69, 9.17) is 0 Å². The lowest BCUT2D eigenvalue weighted by Gasteiger charge is -2.12. The molecule has 0 fully saturated rings. The molecular formula is C52H32N2. The Labute approximate surface area is 312 Å². The lowest BCUT2D eigenvalue weighted by atomic mass is 9.94. The first-order valence-corrected chi connectivity index (χ1v) is 18.7. The normalized spacial score (nSPS) is 12.1. The summed E-state index contributed by atoms with van der Waals surface area (Å²) in [5, 5.41) is 7.71. The highest BCUT2D eigenvalue weighted by atomic mass is 15.0. The van der Waals surface area contributed by atoms with Gasteiger partial charge in [0, 0.05) is 32.9 Å². The largest absolute Gasteiger partial charge is 0.309 e. The third-order valence-corrected chi connectivity index (χ3v) is 11.7. The predicted octanol–water partition coefficient (Wildman–Crippen LogP) is 14.0. The van der Waals surface area contributed by atoms with Gasteiger partial charge in [-0.3, -0.25) is 0 Å². The van der Waals surface area contributed by atoms with Gasteiger partial charge >= 0.3 is 0 Å². The molecule has 1 aliphatic rings. The van der Waals surface area contributed by atoms with Crippen molar-refractivity contribution in [2.45, 2.75) is 0 Å². The van der Waals surface area contributed by atoms with Crippen molar-refractivity contribution in [2.24, 2.45) is 0 Å². The Morgan fingerprint density at radius 3 is 1.52 bits per heavy atom. The van der Waals surface area contributed by atoms with Crippen molar-refractivity contribution < 1.29 is 0 Å². The summed E-state index contributed by atoms with van der Waals surface area (Å²) in [5.74, 6) is 0. The number of hydrogen-bond donors (Lipinski definition) is 0. The van der Waals surface area contributed by atoms with Crippen LogP contribution in [0.1, 0.15) is 0 Å². The minimum Gasteiger partial charge on any atom is -0.309 e. The highest BCUT2D eigenvalue weighted by molar-refractivity contribution is 6.19. The van der Waals surface area contributed by atoms with Gasteiger partial charge in [0.05, 0.1) is 22.1 Å². The van der Waals surface area contributed by atoms with E-state index in [1.54, 1.807) is 0 Å². The lowest BCUT2D eigenvalue weighted by molar-refractivity contribution is 1.18. The Hall–Kier alpha value is -7.16. The van der Waals surface area contributed by atoms with Crippen LogP contribution < -0.4 is 0 Å². The first kappa shape index (κ1) is 29.4. The van der Waals surface area contributed by atoms with Crippen LogP contribution in [-0.4, -0.2) is 9.13 Å². The van der Waals surface area contributed by atoms with Crippen LogP contribution in [0.15, 0.2) is 194 Å². The number of nitrogens with zero attached hydrogens (tertiary/aromatic N) is 2. The van der Waals surface area contributed by atoms with Crippen molar-refractivity contribution >= 4 is 54.4 Å². The van der Waals surface area contributed by atoms with Crippen molar-refractivity contribution in [3.63, 3.8) is 0 Å². The smallest absolute Gasteiger partial charge is 0.0547 e. The van der Waals surface area contributed by atoms with Crippen LogP contribution in [0.2, 0.25) is 0 Å². The maximum atomic E-state index is 2.42. The van der Waals surface area contributed by atoms with Crippen molar-refractivity contribution in [3.05, 3.63) is 194 Å². The molecule has 0 saturated carbocycles. The maximum Gasteiger partial charge on any atom is 0.0547 e. The van der Waals surface area contributed by atoms with Gasteiger partial charge in [0.15, 0.2) is 0 Å². The molecule has 250 valence electrons. The quantitative estimate of drug-likeness (QED) is 0.175. The average molecular weight is 685 g/mol. The molecule has 9 aromatic carbocycles. The Morgan fingerprint density at radius 2 is 0.741 bits per heavy atom. The Balaban J connectivity index is 0.979. The summed E-state index contributed by atoms with van der Waals surface area (Å²) < 4.78 is 4.81. The van der Waals surface area contributed by atoms with Gasteiger partial charge in [0.25, 0.3) is 0 Å². The molecule has 0 N–H and O–H groups in total. The van der Waals surface area contributed by atoms with Crippen molar-refractivity contribution in [1.29, 1.82) is 0 Å². The molecule has 12 rings (SSSR count). The van der Waals surface area contributed by atoms with Crippen LogP contribution in [0.3, 0.4) is 0 Å². The van der Waals surface area contributed by atoms with E-state index in [0.717, 1.165) is 5.69 Å². The first-order valence-electron chi connectivity index (χ1n) is 18.7. The van der Waals surface area contributed by atoms with E-state index in [2.05, 4.69) is 203 Å². The SMILES string of the molecule is c1ccc(-n2c3ccccc3c3ccc(-c4ccc5c(c4)c4ccccc4n5-c4ccc(-c5ccc6c7c(cccc57)-c5ccccc5-6)cc4)cc32)cc1. The van der Waals surface area contributed by atoms with Crippen molar-refractivity contribution in [2.75, 3.05) is 0 Å². The van der Waals surface area contributed by atoms with Gasteiger partial charge < -0.3 is 9.13 Å². The summed E-state index contributed by atoms with van der Waals surface area (Å²) in [6, 6.07) is 71.4. The Kier molecular flexibility index (Phi) is 6.09.